The molecule has 0 bridgehead atoms. The second-order valence-electron chi connectivity index (χ2n) is 8.32. The molecule has 1 atom stereocenters. The van der Waals surface area contributed by atoms with Gasteiger partial charge in [0.2, 0.25) is 0 Å². The number of hydrazone groups is 1. The van der Waals surface area contributed by atoms with Gasteiger partial charge < -0.3 is 15.7 Å². The molecule has 0 aliphatic heterocycles. The number of halogens is 2. The average molecular weight is 469 g/mol. The van der Waals surface area contributed by atoms with E-state index in [2.05, 4.69) is 20.4 Å². The van der Waals surface area contributed by atoms with Gasteiger partial charge in [-0.3, -0.25) is 9.80 Å². The molecule has 1 aliphatic rings. The second kappa shape index (κ2) is 9.56. The van der Waals surface area contributed by atoms with Crippen molar-refractivity contribution in [3.63, 3.8) is 0 Å². The Labute approximate surface area is 195 Å². The van der Waals surface area contributed by atoms with Crippen molar-refractivity contribution in [2.24, 2.45) is 16.8 Å². The maximum absolute atomic E-state index is 14.7. The number of anilines is 1. The van der Waals surface area contributed by atoms with E-state index in [0.717, 1.165) is 23.5 Å². The van der Waals surface area contributed by atoms with Crippen LogP contribution < -0.4 is 17.0 Å². The van der Waals surface area contributed by atoms with Crippen LogP contribution in [0.25, 0.3) is 5.69 Å². The first-order chi connectivity index (χ1) is 16.3. The van der Waals surface area contributed by atoms with Gasteiger partial charge in [0.25, 0.3) is 5.91 Å². The van der Waals surface area contributed by atoms with Crippen LogP contribution in [0.4, 0.5) is 14.6 Å². The Balaban J connectivity index is 1.58. The SMILES string of the molecule is Cc1cc(F)c(C(=O)Nc2cccc(/C(=N/N)N(N)[C@H](C)CF)n2)cc1-n1cnc(C2CC2)c1. The minimum absolute atomic E-state index is 0.0385. The minimum Gasteiger partial charge on any atom is -0.321 e. The molecule has 0 radical (unpaired) electrons. The van der Waals surface area contributed by atoms with Crippen molar-refractivity contribution in [2.75, 3.05) is 12.0 Å². The Morgan fingerprint density at radius 3 is 2.82 bits per heavy atom. The number of carbonyl (C=O) groups excluding carboxylic acids is 1. The van der Waals surface area contributed by atoms with Crippen LogP contribution in [-0.4, -0.2) is 44.0 Å². The molecule has 1 aromatic carbocycles. The van der Waals surface area contributed by atoms with Gasteiger partial charge in [0.15, 0.2) is 5.84 Å². The molecular formula is C23H26F2N8O. The van der Waals surface area contributed by atoms with Crippen molar-refractivity contribution in [1.82, 2.24) is 19.5 Å². The molecule has 5 N–H and O–H groups in total. The largest absolute Gasteiger partial charge is 0.321 e. The van der Waals surface area contributed by atoms with Crippen LogP contribution in [0.15, 0.2) is 48.0 Å². The van der Waals surface area contributed by atoms with E-state index >= 15 is 0 Å². The molecule has 0 unspecified atom stereocenters. The van der Waals surface area contributed by atoms with Gasteiger partial charge in [0.1, 0.15) is 24.0 Å². The Hall–Kier alpha value is -3.86. The molecule has 1 saturated carbocycles. The van der Waals surface area contributed by atoms with Crippen LogP contribution in [0.3, 0.4) is 0 Å². The molecule has 1 amide bonds. The fraction of sp³-hybridized carbons (Fsp3) is 0.304. The fourth-order valence-electron chi connectivity index (χ4n) is 3.53. The van der Waals surface area contributed by atoms with Crippen molar-refractivity contribution in [2.45, 2.75) is 38.6 Å². The normalized spacial score (nSPS) is 14.7. The van der Waals surface area contributed by atoms with E-state index in [1.807, 2.05) is 6.20 Å². The third kappa shape index (κ3) is 4.74. The summed E-state index contributed by atoms with van der Waals surface area (Å²) in [6.45, 7) is 2.61. The summed E-state index contributed by atoms with van der Waals surface area (Å²) in [6, 6.07) is 6.80. The lowest BCUT2D eigenvalue weighted by Gasteiger charge is -2.24. The number of nitrogens with zero attached hydrogens (tertiary/aromatic N) is 5. The van der Waals surface area contributed by atoms with E-state index in [0.29, 0.717) is 17.2 Å². The summed E-state index contributed by atoms with van der Waals surface area (Å²) in [5.41, 5.74) is 2.39. The number of pyridine rings is 1. The molecule has 1 aliphatic carbocycles. The highest BCUT2D eigenvalue weighted by atomic mass is 19.1. The predicted octanol–water partition coefficient (Wildman–Crippen LogP) is 3.00. The van der Waals surface area contributed by atoms with Crippen LogP contribution >= 0.6 is 0 Å². The third-order valence-electron chi connectivity index (χ3n) is 5.69. The highest BCUT2D eigenvalue weighted by molar-refractivity contribution is 6.05. The van der Waals surface area contributed by atoms with Crippen LogP contribution in [0.2, 0.25) is 0 Å². The number of amidine groups is 1. The molecular weight excluding hydrogens is 442 g/mol. The lowest BCUT2D eigenvalue weighted by atomic mass is 10.1. The highest BCUT2D eigenvalue weighted by Crippen LogP contribution is 2.39. The smallest absolute Gasteiger partial charge is 0.259 e. The minimum atomic E-state index is -0.722. The van der Waals surface area contributed by atoms with Crippen molar-refractivity contribution in [3.8, 4) is 5.69 Å². The highest BCUT2D eigenvalue weighted by Gasteiger charge is 2.26. The molecule has 178 valence electrons. The monoisotopic (exact) mass is 468 g/mol. The standard InChI is InChI=1S/C23H26F2N8O/c1-13-8-17(25)16(9-20(13)32-11-19(28-12-32)15-6-7-15)23(34)30-21-5-3-4-18(29-21)22(31-26)33(27)14(2)10-24/h3-5,8-9,11-12,14-15H,6-7,10,26-27H2,1-2H3,(H,29,30,34)/b31-22-/t14-/m1/s1. The van der Waals surface area contributed by atoms with Crippen LogP contribution in [0, 0.1) is 12.7 Å². The zero-order chi connectivity index (χ0) is 24.4. The Morgan fingerprint density at radius 2 is 2.15 bits per heavy atom. The van der Waals surface area contributed by atoms with Gasteiger partial charge in [-0.2, -0.15) is 5.10 Å². The zero-order valence-electron chi connectivity index (χ0n) is 18.9. The summed E-state index contributed by atoms with van der Waals surface area (Å²) in [5.74, 6) is 10.6. The van der Waals surface area contributed by atoms with E-state index in [-0.39, 0.29) is 22.9 Å². The number of carbonyl (C=O) groups is 1. The molecule has 4 rings (SSSR count). The summed E-state index contributed by atoms with van der Waals surface area (Å²) in [7, 11) is 0. The van der Waals surface area contributed by atoms with Gasteiger partial charge in [0.05, 0.1) is 29.3 Å². The number of benzene rings is 1. The van der Waals surface area contributed by atoms with Gasteiger partial charge in [-0.15, -0.1) is 0 Å². The summed E-state index contributed by atoms with van der Waals surface area (Å²) >= 11 is 0. The number of hydrogen-bond acceptors (Lipinski definition) is 6. The lowest BCUT2D eigenvalue weighted by molar-refractivity contribution is 0.102. The van der Waals surface area contributed by atoms with E-state index in [4.69, 9.17) is 11.7 Å². The number of aryl methyl sites for hydroxylation is 1. The number of hydrogen-bond donors (Lipinski definition) is 3. The number of imidazole rings is 1. The van der Waals surface area contributed by atoms with Crippen LogP contribution in [-0.2, 0) is 0 Å². The van der Waals surface area contributed by atoms with Crippen molar-refractivity contribution >= 4 is 17.6 Å². The molecule has 9 nitrogen and oxygen atoms in total. The maximum Gasteiger partial charge on any atom is 0.259 e. The molecule has 3 aromatic rings. The van der Waals surface area contributed by atoms with Gasteiger partial charge in [-0.1, -0.05) is 6.07 Å². The topological polar surface area (TPSA) is 127 Å². The summed E-state index contributed by atoms with van der Waals surface area (Å²) < 4.78 is 29.6. The van der Waals surface area contributed by atoms with E-state index in [1.54, 1.807) is 36.9 Å². The zero-order valence-corrected chi connectivity index (χ0v) is 18.9. The molecule has 2 heterocycles. The first kappa shape index (κ1) is 23.3. The number of hydrazine groups is 1. The number of nitrogens with two attached hydrogens (primary N) is 2. The summed E-state index contributed by atoms with van der Waals surface area (Å²) in [6.07, 6.45) is 5.81. The number of alkyl halides is 1. The predicted molar refractivity (Wildman–Crippen MR) is 125 cm³/mol. The molecule has 0 spiro atoms. The summed E-state index contributed by atoms with van der Waals surface area (Å²) in [4.78, 5) is 21.6. The van der Waals surface area contributed by atoms with E-state index in [9.17, 15) is 13.6 Å². The van der Waals surface area contributed by atoms with Crippen LogP contribution in [0.5, 0.6) is 0 Å². The first-order valence-corrected chi connectivity index (χ1v) is 10.8. The van der Waals surface area contributed by atoms with Crippen molar-refractivity contribution < 1.29 is 13.6 Å². The molecule has 1 fully saturated rings. The summed E-state index contributed by atoms with van der Waals surface area (Å²) in [5, 5.41) is 7.24. The average Bonchev–Trinajstić information content (AvgIpc) is 3.56. The second-order valence-corrected chi connectivity index (χ2v) is 8.32. The van der Waals surface area contributed by atoms with E-state index in [1.165, 1.54) is 18.2 Å². The van der Waals surface area contributed by atoms with Gasteiger partial charge in [-0.25, -0.2) is 24.6 Å². The van der Waals surface area contributed by atoms with Gasteiger partial charge in [-0.05, 0) is 56.5 Å². The van der Waals surface area contributed by atoms with Crippen molar-refractivity contribution in [3.05, 3.63) is 71.2 Å². The Morgan fingerprint density at radius 1 is 1.38 bits per heavy atom. The first-order valence-electron chi connectivity index (χ1n) is 10.8. The maximum atomic E-state index is 14.7. The van der Waals surface area contributed by atoms with Gasteiger partial charge in [0, 0.05) is 12.1 Å². The van der Waals surface area contributed by atoms with Crippen molar-refractivity contribution in [1.29, 1.82) is 0 Å². The number of aromatic nitrogens is 3. The quantitative estimate of drug-likeness (QED) is 0.212. The number of rotatable bonds is 7. The molecule has 34 heavy (non-hydrogen) atoms. The lowest BCUT2D eigenvalue weighted by Crippen LogP contribution is -2.46. The number of nitrogens with one attached hydrogen (secondary N) is 1. The van der Waals surface area contributed by atoms with Gasteiger partial charge >= 0.3 is 0 Å². The number of amides is 1. The molecule has 11 heteroatoms. The fourth-order valence-corrected chi connectivity index (χ4v) is 3.53. The Kier molecular flexibility index (Phi) is 6.55. The molecule has 2 aromatic heterocycles. The Bertz CT molecular complexity index is 1240. The van der Waals surface area contributed by atoms with Crippen LogP contribution in [0.1, 0.15) is 53.0 Å². The molecule has 0 saturated heterocycles. The van der Waals surface area contributed by atoms with E-state index < -0.39 is 24.4 Å². The third-order valence-corrected chi connectivity index (χ3v) is 5.69.